The van der Waals surface area contributed by atoms with E-state index in [2.05, 4.69) is 10.2 Å². The lowest BCUT2D eigenvalue weighted by molar-refractivity contribution is -0.116. The molecule has 2 aromatic carbocycles. The van der Waals surface area contributed by atoms with Crippen molar-refractivity contribution in [3.05, 3.63) is 64.4 Å². The fraction of sp³-hybridized carbons (Fsp3) is 0.348. The Kier molecular flexibility index (Phi) is 7.06. The summed E-state index contributed by atoms with van der Waals surface area (Å²) in [6.07, 6.45) is 3.14. The van der Waals surface area contributed by atoms with Crippen molar-refractivity contribution in [2.24, 2.45) is 0 Å². The molecular formula is C23H24ClFN2O4. The van der Waals surface area contributed by atoms with Gasteiger partial charge in [0.05, 0.1) is 24.3 Å². The summed E-state index contributed by atoms with van der Waals surface area (Å²) in [7, 11) is 0. The predicted molar refractivity (Wildman–Crippen MR) is 116 cm³/mol. The largest absolute Gasteiger partial charge is 0.486 e. The van der Waals surface area contributed by atoms with Gasteiger partial charge in [-0.05, 0) is 41.5 Å². The van der Waals surface area contributed by atoms with Gasteiger partial charge in [0.15, 0.2) is 11.5 Å². The SMILES string of the molecule is O=C(/C=C/c1cc(Cl)c2c(c1)OCCO2)NCC(c1ccc(F)cc1)N1CCOCC1. The Morgan fingerprint density at radius 1 is 1.13 bits per heavy atom. The van der Waals surface area contributed by atoms with Gasteiger partial charge in [-0.15, -0.1) is 0 Å². The quantitative estimate of drug-likeness (QED) is 0.689. The van der Waals surface area contributed by atoms with Crippen LogP contribution < -0.4 is 14.8 Å². The molecule has 2 aliphatic rings. The molecule has 0 aliphatic carbocycles. The first-order valence-electron chi connectivity index (χ1n) is 10.2. The fourth-order valence-corrected chi connectivity index (χ4v) is 3.96. The zero-order chi connectivity index (χ0) is 21.6. The van der Waals surface area contributed by atoms with Gasteiger partial charge in [-0.2, -0.15) is 0 Å². The number of ether oxygens (including phenoxy) is 3. The average molecular weight is 447 g/mol. The van der Waals surface area contributed by atoms with Gasteiger partial charge in [-0.1, -0.05) is 23.7 Å². The van der Waals surface area contributed by atoms with Crippen molar-refractivity contribution >= 4 is 23.6 Å². The third kappa shape index (κ3) is 5.55. The zero-order valence-electron chi connectivity index (χ0n) is 17.0. The molecule has 0 spiro atoms. The van der Waals surface area contributed by atoms with Gasteiger partial charge in [0.2, 0.25) is 5.91 Å². The molecule has 1 N–H and O–H groups in total. The summed E-state index contributed by atoms with van der Waals surface area (Å²) in [6, 6.07) is 9.86. The highest BCUT2D eigenvalue weighted by Crippen LogP contribution is 2.38. The number of nitrogens with zero attached hydrogens (tertiary/aromatic N) is 1. The normalized spacial score (nSPS) is 17.5. The van der Waals surface area contributed by atoms with E-state index in [9.17, 15) is 9.18 Å². The number of carbonyl (C=O) groups excluding carboxylic acids is 1. The maximum absolute atomic E-state index is 13.4. The van der Waals surface area contributed by atoms with Crippen molar-refractivity contribution in [1.82, 2.24) is 10.2 Å². The molecule has 1 fully saturated rings. The standard InChI is InChI=1S/C23H24ClFN2O4/c24-19-13-16(14-21-23(19)31-12-11-30-21)1-6-22(28)26-15-20(27-7-9-29-10-8-27)17-2-4-18(25)5-3-17/h1-6,13-14,20H,7-12,15H2,(H,26,28)/b6-1+. The van der Waals surface area contributed by atoms with Crippen LogP contribution in [0.5, 0.6) is 11.5 Å². The number of fused-ring (bicyclic) bond motifs is 1. The van der Waals surface area contributed by atoms with Crippen LogP contribution in [0.2, 0.25) is 5.02 Å². The van der Waals surface area contributed by atoms with Gasteiger partial charge in [0.1, 0.15) is 19.0 Å². The van der Waals surface area contributed by atoms with Crippen LogP contribution in [-0.4, -0.2) is 56.9 Å². The third-order valence-electron chi connectivity index (χ3n) is 5.26. The number of hydrogen-bond donors (Lipinski definition) is 1. The van der Waals surface area contributed by atoms with Crippen LogP contribution in [0.1, 0.15) is 17.2 Å². The monoisotopic (exact) mass is 446 g/mol. The summed E-state index contributed by atoms with van der Waals surface area (Å²) in [6.45, 7) is 4.10. The minimum Gasteiger partial charge on any atom is -0.486 e. The Bertz CT molecular complexity index is 945. The molecule has 0 radical (unpaired) electrons. The van der Waals surface area contributed by atoms with E-state index in [1.165, 1.54) is 18.2 Å². The highest BCUT2D eigenvalue weighted by atomic mass is 35.5. The number of morpholine rings is 1. The molecule has 0 aromatic heterocycles. The molecular weight excluding hydrogens is 423 g/mol. The predicted octanol–water partition coefficient (Wildman–Crippen LogP) is 3.45. The van der Waals surface area contributed by atoms with Crippen molar-refractivity contribution in [2.45, 2.75) is 6.04 Å². The van der Waals surface area contributed by atoms with E-state index in [4.69, 9.17) is 25.8 Å². The Labute approximate surface area is 185 Å². The molecule has 2 aromatic rings. The molecule has 4 rings (SSSR count). The molecule has 0 bridgehead atoms. The molecule has 1 amide bonds. The second-order valence-electron chi connectivity index (χ2n) is 7.32. The Morgan fingerprint density at radius 2 is 1.87 bits per heavy atom. The number of carbonyl (C=O) groups is 1. The molecule has 6 nitrogen and oxygen atoms in total. The number of nitrogens with one attached hydrogen (secondary N) is 1. The van der Waals surface area contributed by atoms with Crippen molar-refractivity contribution < 1.29 is 23.4 Å². The molecule has 1 atom stereocenters. The lowest BCUT2D eigenvalue weighted by Gasteiger charge is -2.34. The van der Waals surface area contributed by atoms with Crippen LogP contribution in [0, 0.1) is 5.82 Å². The average Bonchev–Trinajstić information content (AvgIpc) is 2.80. The van der Waals surface area contributed by atoms with Crippen molar-refractivity contribution in [2.75, 3.05) is 46.1 Å². The topological polar surface area (TPSA) is 60.0 Å². The third-order valence-corrected chi connectivity index (χ3v) is 5.54. The maximum atomic E-state index is 13.4. The fourth-order valence-electron chi connectivity index (χ4n) is 3.69. The van der Waals surface area contributed by atoms with Crippen LogP contribution >= 0.6 is 11.6 Å². The van der Waals surface area contributed by atoms with Crippen LogP contribution in [0.15, 0.2) is 42.5 Å². The summed E-state index contributed by atoms with van der Waals surface area (Å²) in [5.74, 6) is 0.589. The van der Waals surface area contributed by atoms with Crippen LogP contribution in [0.3, 0.4) is 0 Å². The second-order valence-corrected chi connectivity index (χ2v) is 7.73. The summed E-state index contributed by atoms with van der Waals surface area (Å²) in [4.78, 5) is 14.7. The van der Waals surface area contributed by atoms with E-state index in [1.807, 2.05) is 0 Å². The lowest BCUT2D eigenvalue weighted by atomic mass is 10.0. The van der Waals surface area contributed by atoms with Gasteiger partial charge >= 0.3 is 0 Å². The smallest absolute Gasteiger partial charge is 0.244 e. The Hall–Kier alpha value is -2.61. The van der Waals surface area contributed by atoms with Gasteiger partial charge in [-0.25, -0.2) is 4.39 Å². The lowest BCUT2D eigenvalue weighted by Crippen LogP contribution is -2.43. The summed E-state index contributed by atoms with van der Waals surface area (Å²) >= 11 is 6.25. The summed E-state index contributed by atoms with van der Waals surface area (Å²) < 4.78 is 29.9. The van der Waals surface area contributed by atoms with E-state index in [0.717, 1.165) is 24.2 Å². The molecule has 2 aliphatic heterocycles. The van der Waals surface area contributed by atoms with Gasteiger partial charge < -0.3 is 19.5 Å². The van der Waals surface area contributed by atoms with Gasteiger partial charge in [0, 0.05) is 25.7 Å². The molecule has 0 saturated carbocycles. The number of rotatable bonds is 6. The number of hydrogen-bond acceptors (Lipinski definition) is 5. The Morgan fingerprint density at radius 3 is 2.65 bits per heavy atom. The summed E-state index contributed by atoms with van der Waals surface area (Å²) in [5, 5.41) is 3.39. The first kappa shape index (κ1) is 21.6. The molecule has 31 heavy (non-hydrogen) atoms. The van der Waals surface area contributed by atoms with Crippen molar-refractivity contribution in [3.8, 4) is 11.5 Å². The number of benzene rings is 2. The van der Waals surface area contributed by atoms with E-state index in [-0.39, 0.29) is 17.8 Å². The molecule has 2 heterocycles. The molecule has 8 heteroatoms. The van der Waals surface area contributed by atoms with Crippen LogP contribution in [-0.2, 0) is 9.53 Å². The second kappa shape index (κ2) is 10.1. The number of amides is 1. The first-order chi connectivity index (χ1) is 15.1. The summed E-state index contributed by atoms with van der Waals surface area (Å²) in [5.41, 5.74) is 1.69. The molecule has 1 unspecified atom stereocenters. The molecule has 164 valence electrons. The van der Waals surface area contributed by atoms with Gasteiger partial charge in [-0.3, -0.25) is 9.69 Å². The van der Waals surface area contributed by atoms with Crippen molar-refractivity contribution in [1.29, 1.82) is 0 Å². The highest BCUT2D eigenvalue weighted by molar-refractivity contribution is 6.32. The first-order valence-corrected chi connectivity index (χ1v) is 10.6. The number of halogens is 2. The van der Waals surface area contributed by atoms with Crippen LogP contribution in [0.25, 0.3) is 6.08 Å². The maximum Gasteiger partial charge on any atom is 0.244 e. The minimum atomic E-state index is -0.283. The van der Waals surface area contributed by atoms with Crippen LogP contribution in [0.4, 0.5) is 4.39 Å². The highest BCUT2D eigenvalue weighted by Gasteiger charge is 2.23. The van der Waals surface area contributed by atoms with E-state index < -0.39 is 0 Å². The van der Waals surface area contributed by atoms with E-state index >= 15 is 0 Å². The molecule has 1 saturated heterocycles. The van der Waals surface area contributed by atoms with E-state index in [0.29, 0.717) is 49.5 Å². The minimum absolute atomic E-state index is 0.0643. The Balaban J connectivity index is 1.41. The van der Waals surface area contributed by atoms with Gasteiger partial charge in [0.25, 0.3) is 0 Å². The van der Waals surface area contributed by atoms with Crippen molar-refractivity contribution in [3.63, 3.8) is 0 Å². The van der Waals surface area contributed by atoms with E-state index in [1.54, 1.807) is 30.3 Å². The zero-order valence-corrected chi connectivity index (χ0v) is 17.7.